The van der Waals surface area contributed by atoms with Gasteiger partial charge in [0, 0.05) is 17.4 Å². The quantitative estimate of drug-likeness (QED) is 0.768. The van der Waals surface area contributed by atoms with Gasteiger partial charge in [0.2, 0.25) is 0 Å². The molecule has 0 spiro atoms. The molecule has 0 fully saturated rings. The molecule has 1 rings (SSSR count). The highest BCUT2D eigenvalue weighted by molar-refractivity contribution is 6.31. The summed E-state index contributed by atoms with van der Waals surface area (Å²) in [6, 6.07) is 7.87. The van der Waals surface area contributed by atoms with Crippen LogP contribution in [0.3, 0.4) is 0 Å². The largest absolute Gasteiger partial charge is 0.312 e. The molecule has 0 bridgehead atoms. The predicted molar refractivity (Wildman–Crippen MR) is 63.0 cm³/mol. The van der Waals surface area contributed by atoms with E-state index in [2.05, 4.69) is 12.2 Å². The summed E-state index contributed by atoms with van der Waals surface area (Å²) in [5.74, 6) is 1.19. The molecule has 78 valence electrons. The lowest BCUT2D eigenvalue weighted by atomic mass is 10.2. The van der Waals surface area contributed by atoms with Crippen LogP contribution in [-0.4, -0.2) is 12.4 Å². The maximum atomic E-state index is 6.01. The first-order chi connectivity index (χ1) is 6.74. The van der Waals surface area contributed by atoms with Gasteiger partial charge in [0.05, 0.1) is 0 Å². The highest BCUT2D eigenvalue weighted by Gasteiger charge is 2.01. The number of hydrogen-bond acceptors (Lipinski definition) is 1. The van der Waals surface area contributed by atoms with E-state index in [0.29, 0.717) is 11.8 Å². The zero-order chi connectivity index (χ0) is 10.4. The van der Waals surface area contributed by atoms with Gasteiger partial charge in [-0.15, -0.1) is 11.6 Å². The second-order valence-electron chi connectivity index (χ2n) is 3.48. The first-order valence-electron chi connectivity index (χ1n) is 4.74. The standard InChI is InChI=1S/C11H15Cl2N/c1-9(6-12)7-14-8-10-4-2-3-5-11(10)13/h2-5,9,14H,6-8H2,1H3. The molecule has 1 aromatic carbocycles. The van der Waals surface area contributed by atoms with E-state index in [9.17, 15) is 0 Å². The molecule has 1 aromatic rings. The van der Waals surface area contributed by atoms with Gasteiger partial charge in [0.25, 0.3) is 0 Å². The molecule has 14 heavy (non-hydrogen) atoms. The molecule has 3 heteroatoms. The summed E-state index contributed by atoms with van der Waals surface area (Å²) in [7, 11) is 0. The molecule has 0 radical (unpaired) electrons. The normalized spacial score (nSPS) is 12.8. The maximum Gasteiger partial charge on any atom is 0.0450 e. The molecule has 1 unspecified atom stereocenters. The van der Waals surface area contributed by atoms with Gasteiger partial charge in [0.1, 0.15) is 0 Å². The highest BCUT2D eigenvalue weighted by Crippen LogP contribution is 2.14. The van der Waals surface area contributed by atoms with Gasteiger partial charge in [-0.1, -0.05) is 36.7 Å². The first kappa shape index (κ1) is 11.8. The lowest BCUT2D eigenvalue weighted by Crippen LogP contribution is -2.21. The van der Waals surface area contributed by atoms with Crippen molar-refractivity contribution in [3.8, 4) is 0 Å². The molecule has 0 amide bonds. The Bertz CT molecular complexity index is 276. The van der Waals surface area contributed by atoms with Crippen molar-refractivity contribution < 1.29 is 0 Å². The number of hydrogen-bond donors (Lipinski definition) is 1. The molecule has 0 aliphatic heterocycles. The Hall–Kier alpha value is -0.240. The van der Waals surface area contributed by atoms with E-state index in [-0.39, 0.29) is 0 Å². The van der Waals surface area contributed by atoms with E-state index in [0.717, 1.165) is 23.7 Å². The summed E-state index contributed by atoms with van der Waals surface area (Å²) >= 11 is 11.7. The fourth-order valence-electron chi connectivity index (χ4n) is 1.15. The molecule has 1 nitrogen and oxygen atoms in total. The Morgan fingerprint density at radius 2 is 2.07 bits per heavy atom. The summed E-state index contributed by atoms with van der Waals surface area (Å²) < 4.78 is 0. The van der Waals surface area contributed by atoms with Crippen molar-refractivity contribution in [2.75, 3.05) is 12.4 Å². The number of nitrogens with one attached hydrogen (secondary N) is 1. The number of alkyl halides is 1. The summed E-state index contributed by atoms with van der Waals surface area (Å²) in [5, 5.41) is 4.14. The fraction of sp³-hybridized carbons (Fsp3) is 0.455. The monoisotopic (exact) mass is 231 g/mol. The summed E-state index contributed by atoms with van der Waals surface area (Å²) in [5.41, 5.74) is 1.14. The van der Waals surface area contributed by atoms with Crippen molar-refractivity contribution in [2.45, 2.75) is 13.5 Å². The molecular formula is C11H15Cl2N. The predicted octanol–water partition coefficient (Wildman–Crippen LogP) is 3.30. The Balaban J connectivity index is 2.35. The van der Waals surface area contributed by atoms with Crippen LogP contribution in [0.1, 0.15) is 12.5 Å². The van der Waals surface area contributed by atoms with Crippen LogP contribution in [0.4, 0.5) is 0 Å². The van der Waals surface area contributed by atoms with E-state index in [1.54, 1.807) is 0 Å². The van der Waals surface area contributed by atoms with Crippen LogP contribution in [0.2, 0.25) is 5.02 Å². The lowest BCUT2D eigenvalue weighted by Gasteiger charge is -2.09. The average Bonchev–Trinajstić information content (AvgIpc) is 2.20. The third-order valence-electron chi connectivity index (χ3n) is 2.03. The van der Waals surface area contributed by atoms with E-state index in [4.69, 9.17) is 23.2 Å². The van der Waals surface area contributed by atoms with E-state index in [1.807, 2.05) is 24.3 Å². The molecule has 0 saturated heterocycles. The van der Waals surface area contributed by atoms with Gasteiger partial charge >= 0.3 is 0 Å². The average molecular weight is 232 g/mol. The highest BCUT2D eigenvalue weighted by atomic mass is 35.5. The van der Waals surface area contributed by atoms with Crippen LogP contribution in [0.15, 0.2) is 24.3 Å². The van der Waals surface area contributed by atoms with E-state index >= 15 is 0 Å². The zero-order valence-corrected chi connectivity index (χ0v) is 9.78. The molecule has 0 saturated carbocycles. The Morgan fingerprint density at radius 3 is 2.71 bits per heavy atom. The molecular weight excluding hydrogens is 217 g/mol. The van der Waals surface area contributed by atoms with Gasteiger partial charge in [-0.05, 0) is 24.1 Å². The minimum atomic E-state index is 0.499. The molecule has 0 heterocycles. The Morgan fingerprint density at radius 1 is 1.36 bits per heavy atom. The minimum Gasteiger partial charge on any atom is -0.312 e. The third kappa shape index (κ3) is 3.87. The summed E-state index contributed by atoms with van der Waals surface area (Å²) in [6.07, 6.45) is 0. The molecule has 0 aromatic heterocycles. The molecule has 0 aliphatic rings. The Kier molecular flexibility index (Phi) is 5.31. The minimum absolute atomic E-state index is 0.499. The third-order valence-corrected chi connectivity index (χ3v) is 2.93. The zero-order valence-electron chi connectivity index (χ0n) is 8.26. The van der Waals surface area contributed by atoms with Crippen molar-refractivity contribution in [3.63, 3.8) is 0 Å². The van der Waals surface area contributed by atoms with Gasteiger partial charge in [0.15, 0.2) is 0 Å². The maximum absolute atomic E-state index is 6.01. The number of benzene rings is 1. The number of halogens is 2. The lowest BCUT2D eigenvalue weighted by molar-refractivity contribution is 0.557. The Labute approximate surface area is 95.4 Å². The van der Waals surface area contributed by atoms with Crippen molar-refractivity contribution in [2.24, 2.45) is 5.92 Å². The SMILES string of the molecule is CC(CCl)CNCc1ccccc1Cl. The van der Waals surface area contributed by atoms with Crippen LogP contribution in [0.25, 0.3) is 0 Å². The van der Waals surface area contributed by atoms with Crippen molar-refractivity contribution in [1.29, 1.82) is 0 Å². The molecule has 1 N–H and O–H groups in total. The second-order valence-corrected chi connectivity index (χ2v) is 4.20. The van der Waals surface area contributed by atoms with Crippen LogP contribution < -0.4 is 5.32 Å². The first-order valence-corrected chi connectivity index (χ1v) is 5.65. The van der Waals surface area contributed by atoms with Gasteiger partial charge in [-0.3, -0.25) is 0 Å². The van der Waals surface area contributed by atoms with Crippen molar-refractivity contribution in [1.82, 2.24) is 5.32 Å². The van der Waals surface area contributed by atoms with Crippen LogP contribution >= 0.6 is 23.2 Å². The van der Waals surface area contributed by atoms with Crippen LogP contribution in [0.5, 0.6) is 0 Å². The van der Waals surface area contributed by atoms with Gasteiger partial charge in [-0.2, -0.15) is 0 Å². The summed E-state index contributed by atoms with van der Waals surface area (Å²) in [4.78, 5) is 0. The molecule has 1 atom stereocenters. The van der Waals surface area contributed by atoms with Crippen molar-refractivity contribution >= 4 is 23.2 Å². The van der Waals surface area contributed by atoms with E-state index < -0.39 is 0 Å². The molecule has 0 aliphatic carbocycles. The fourth-order valence-corrected chi connectivity index (χ4v) is 1.46. The van der Waals surface area contributed by atoms with Crippen LogP contribution in [-0.2, 0) is 6.54 Å². The van der Waals surface area contributed by atoms with E-state index in [1.165, 1.54) is 0 Å². The topological polar surface area (TPSA) is 12.0 Å². The van der Waals surface area contributed by atoms with Crippen molar-refractivity contribution in [3.05, 3.63) is 34.9 Å². The van der Waals surface area contributed by atoms with Crippen LogP contribution in [0, 0.1) is 5.92 Å². The second kappa shape index (κ2) is 6.28. The van der Waals surface area contributed by atoms with Gasteiger partial charge in [-0.25, -0.2) is 0 Å². The smallest absolute Gasteiger partial charge is 0.0450 e. The van der Waals surface area contributed by atoms with Gasteiger partial charge < -0.3 is 5.32 Å². The summed E-state index contributed by atoms with van der Waals surface area (Å²) in [6.45, 7) is 3.85. The number of rotatable bonds is 5.